The van der Waals surface area contributed by atoms with Gasteiger partial charge in [-0.05, 0) is 23.3 Å². The minimum absolute atomic E-state index is 0.0175. The topological polar surface area (TPSA) is 83.2 Å². The molecule has 6 heteroatoms. The summed E-state index contributed by atoms with van der Waals surface area (Å²) >= 11 is 0. The lowest BCUT2D eigenvalue weighted by Gasteiger charge is -2.39. The van der Waals surface area contributed by atoms with Gasteiger partial charge in [0.15, 0.2) is 0 Å². The van der Waals surface area contributed by atoms with Gasteiger partial charge in [-0.3, -0.25) is 9.69 Å². The highest BCUT2D eigenvalue weighted by molar-refractivity contribution is 5.97. The van der Waals surface area contributed by atoms with Crippen LogP contribution in [-0.4, -0.2) is 41.9 Å². The second kappa shape index (κ2) is 11.0. The lowest BCUT2D eigenvalue weighted by molar-refractivity contribution is -0.128. The maximum absolute atomic E-state index is 13.0. The van der Waals surface area contributed by atoms with Gasteiger partial charge in [0.2, 0.25) is 0 Å². The Morgan fingerprint density at radius 3 is 1.94 bits per heavy atom. The zero-order chi connectivity index (χ0) is 23.8. The molecule has 1 fully saturated rings. The second-order valence-corrected chi connectivity index (χ2v) is 8.02. The van der Waals surface area contributed by atoms with Gasteiger partial charge in [-0.15, -0.1) is 0 Å². The van der Waals surface area contributed by atoms with E-state index in [1.54, 1.807) is 29.2 Å². The van der Waals surface area contributed by atoms with E-state index in [1.165, 1.54) is 17.3 Å². The van der Waals surface area contributed by atoms with Crippen LogP contribution in [0.4, 0.5) is 5.69 Å². The standard InChI is InChI=1S/C28H25N5O/c29-19-24-13-7-8-14-26(24)31-21-25(20-30)28(34)33-17-15-32(16-18-33)27(22-9-3-1-4-10-22)23-11-5-2-6-12-23/h1-14,21,27,31H,15-18H2/b25-21-. The van der Waals surface area contributed by atoms with Gasteiger partial charge < -0.3 is 10.2 Å². The molecule has 4 rings (SSSR count). The Hall–Kier alpha value is -4.39. The number of hydrogen-bond donors (Lipinski definition) is 1. The van der Waals surface area contributed by atoms with Gasteiger partial charge in [0.25, 0.3) is 5.91 Å². The summed E-state index contributed by atoms with van der Waals surface area (Å²) in [4.78, 5) is 17.1. The van der Waals surface area contributed by atoms with Gasteiger partial charge >= 0.3 is 0 Å². The fraction of sp³-hybridized carbons (Fsp3) is 0.179. The highest BCUT2D eigenvalue weighted by Crippen LogP contribution is 2.29. The smallest absolute Gasteiger partial charge is 0.266 e. The molecular formula is C28H25N5O. The van der Waals surface area contributed by atoms with Gasteiger partial charge in [-0.1, -0.05) is 72.8 Å². The molecule has 0 bridgehead atoms. The zero-order valence-electron chi connectivity index (χ0n) is 18.8. The third kappa shape index (κ3) is 5.15. The van der Waals surface area contributed by atoms with E-state index < -0.39 is 0 Å². The number of rotatable bonds is 6. The molecule has 1 saturated heterocycles. The molecule has 0 atom stereocenters. The molecule has 6 nitrogen and oxygen atoms in total. The Kier molecular flexibility index (Phi) is 7.35. The molecule has 34 heavy (non-hydrogen) atoms. The van der Waals surface area contributed by atoms with Crippen LogP contribution in [0, 0.1) is 22.7 Å². The van der Waals surface area contributed by atoms with E-state index in [2.05, 4.69) is 40.6 Å². The number of para-hydroxylation sites is 1. The van der Waals surface area contributed by atoms with Crippen molar-refractivity contribution in [1.82, 2.24) is 9.80 Å². The van der Waals surface area contributed by atoms with Crippen LogP contribution in [-0.2, 0) is 4.79 Å². The first-order valence-electron chi connectivity index (χ1n) is 11.2. The summed E-state index contributed by atoms with van der Waals surface area (Å²) in [6.45, 7) is 2.46. The molecule has 0 spiro atoms. The van der Waals surface area contributed by atoms with Crippen molar-refractivity contribution in [3.63, 3.8) is 0 Å². The molecule has 3 aromatic carbocycles. The summed E-state index contributed by atoms with van der Waals surface area (Å²) in [6.07, 6.45) is 1.39. The molecule has 1 aliphatic heterocycles. The number of nitrogens with zero attached hydrogens (tertiary/aromatic N) is 4. The second-order valence-electron chi connectivity index (χ2n) is 8.02. The van der Waals surface area contributed by atoms with Crippen LogP contribution in [0.3, 0.4) is 0 Å². The molecule has 168 valence electrons. The van der Waals surface area contributed by atoms with E-state index in [9.17, 15) is 15.3 Å². The highest BCUT2D eigenvalue weighted by atomic mass is 16.2. The molecular weight excluding hydrogens is 422 g/mol. The van der Waals surface area contributed by atoms with Crippen molar-refractivity contribution in [3.8, 4) is 12.1 Å². The molecule has 3 aromatic rings. The SMILES string of the molecule is N#C/C(=C/Nc1ccccc1C#N)C(=O)N1CCN(C(c2ccccc2)c2ccccc2)CC1. The number of piperazine rings is 1. The van der Waals surface area contributed by atoms with Crippen molar-refractivity contribution in [1.29, 1.82) is 10.5 Å². The van der Waals surface area contributed by atoms with Crippen molar-refractivity contribution < 1.29 is 4.79 Å². The van der Waals surface area contributed by atoms with Crippen molar-refractivity contribution in [2.75, 3.05) is 31.5 Å². The number of carbonyl (C=O) groups excluding carboxylic acids is 1. The van der Waals surface area contributed by atoms with Crippen molar-refractivity contribution >= 4 is 11.6 Å². The number of amides is 1. The van der Waals surface area contributed by atoms with E-state index in [0.29, 0.717) is 37.4 Å². The van der Waals surface area contributed by atoms with E-state index in [0.717, 1.165) is 0 Å². The summed E-state index contributed by atoms with van der Waals surface area (Å²) < 4.78 is 0. The van der Waals surface area contributed by atoms with Crippen LogP contribution in [0.5, 0.6) is 0 Å². The minimum Gasteiger partial charge on any atom is -0.359 e. The maximum atomic E-state index is 13.0. The van der Waals surface area contributed by atoms with Crippen LogP contribution < -0.4 is 5.32 Å². The molecule has 0 aromatic heterocycles. The molecule has 1 heterocycles. The average Bonchev–Trinajstić information content (AvgIpc) is 2.91. The molecule has 1 amide bonds. The highest BCUT2D eigenvalue weighted by Gasteiger charge is 2.29. The molecule has 1 N–H and O–H groups in total. The number of carbonyl (C=O) groups is 1. The lowest BCUT2D eigenvalue weighted by Crippen LogP contribution is -2.50. The minimum atomic E-state index is -0.305. The van der Waals surface area contributed by atoms with Crippen LogP contribution in [0.1, 0.15) is 22.7 Å². The summed E-state index contributed by atoms with van der Waals surface area (Å²) in [6, 6.07) is 31.9. The number of nitriles is 2. The van der Waals surface area contributed by atoms with Crippen LogP contribution in [0.2, 0.25) is 0 Å². The number of nitrogens with one attached hydrogen (secondary N) is 1. The average molecular weight is 448 g/mol. The Labute approximate surface area is 200 Å². The first kappa shape index (κ1) is 22.8. The Balaban J connectivity index is 1.46. The molecule has 0 unspecified atom stereocenters. The van der Waals surface area contributed by atoms with E-state index in [1.807, 2.05) is 42.5 Å². The van der Waals surface area contributed by atoms with Crippen molar-refractivity contribution in [2.24, 2.45) is 0 Å². The monoisotopic (exact) mass is 447 g/mol. The van der Waals surface area contributed by atoms with Gasteiger partial charge in [0.1, 0.15) is 17.7 Å². The first-order chi connectivity index (χ1) is 16.7. The Morgan fingerprint density at radius 2 is 1.38 bits per heavy atom. The third-order valence-corrected chi connectivity index (χ3v) is 5.97. The predicted molar refractivity (Wildman–Crippen MR) is 131 cm³/mol. The summed E-state index contributed by atoms with van der Waals surface area (Å²) in [7, 11) is 0. The first-order valence-corrected chi connectivity index (χ1v) is 11.2. The Bertz CT molecular complexity index is 1190. The van der Waals surface area contributed by atoms with Gasteiger partial charge in [-0.25, -0.2) is 0 Å². The fourth-order valence-corrected chi connectivity index (χ4v) is 4.24. The van der Waals surface area contributed by atoms with Crippen molar-refractivity contribution in [2.45, 2.75) is 6.04 Å². The third-order valence-electron chi connectivity index (χ3n) is 5.97. The van der Waals surface area contributed by atoms with Crippen molar-refractivity contribution in [3.05, 3.63) is 113 Å². The van der Waals surface area contributed by atoms with E-state index >= 15 is 0 Å². The van der Waals surface area contributed by atoms with Crippen LogP contribution >= 0.6 is 0 Å². The van der Waals surface area contributed by atoms with Crippen LogP contribution in [0.15, 0.2) is 96.7 Å². The summed E-state index contributed by atoms with van der Waals surface area (Å²) in [5.41, 5.74) is 3.45. The summed E-state index contributed by atoms with van der Waals surface area (Å²) in [5, 5.41) is 21.8. The van der Waals surface area contributed by atoms with Gasteiger partial charge in [-0.2, -0.15) is 10.5 Å². The number of benzene rings is 3. The number of hydrogen-bond acceptors (Lipinski definition) is 5. The van der Waals surface area contributed by atoms with Gasteiger partial charge in [0, 0.05) is 32.4 Å². The normalized spacial score (nSPS) is 14.3. The van der Waals surface area contributed by atoms with Gasteiger partial charge in [0.05, 0.1) is 17.3 Å². The maximum Gasteiger partial charge on any atom is 0.266 e. The predicted octanol–water partition coefficient (Wildman–Crippen LogP) is 4.31. The molecule has 0 saturated carbocycles. The molecule has 0 radical (unpaired) electrons. The largest absolute Gasteiger partial charge is 0.359 e. The summed E-state index contributed by atoms with van der Waals surface area (Å²) in [5.74, 6) is -0.305. The number of anilines is 1. The molecule has 1 aliphatic rings. The Morgan fingerprint density at radius 1 is 0.824 bits per heavy atom. The fourth-order valence-electron chi connectivity index (χ4n) is 4.24. The van der Waals surface area contributed by atoms with E-state index in [4.69, 9.17) is 0 Å². The lowest BCUT2D eigenvalue weighted by atomic mass is 9.96. The quantitative estimate of drug-likeness (QED) is 0.450. The van der Waals surface area contributed by atoms with Crippen LogP contribution in [0.25, 0.3) is 0 Å². The van der Waals surface area contributed by atoms with E-state index in [-0.39, 0.29) is 17.5 Å². The molecule has 0 aliphatic carbocycles. The zero-order valence-corrected chi connectivity index (χ0v) is 18.8.